The van der Waals surface area contributed by atoms with Crippen LogP contribution in [0.2, 0.25) is 0 Å². The Labute approximate surface area is 108 Å². The van der Waals surface area contributed by atoms with Gasteiger partial charge in [0.15, 0.2) is 0 Å². The third-order valence-electron chi connectivity index (χ3n) is 3.40. The number of likely N-dealkylation sites (tertiary alicyclic amines) is 1. The third kappa shape index (κ3) is 2.55. The molecule has 96 valence electrons. The van der Waals surface area contributed by atoms with Crippen molar-refractivity contribution < 1.29 is 4.79 Å². The highest BCUT2D eigenvalue weighted by molar-refractivity contribution is 5.88. The summed E-state index contributed by atoms with van der Waals surface area (Å²) in [5.74, 6) is 0.108. The van der Waals surface area contributed by atoms with Crippen LogP contribution in [0, 0.1) is 0 Å². The normalized spacial score (nSPS) is 20.3. The lowest BCUT2D eigenvalue weighted by molar-refractivity contribution is -0.127. The molecule has 1 saturated heterocycles. The van der Waals surface area contributed by atoms with Gasteiger partial charge in [0, 0.05) is 31.6 Å². The Hall–Kier alpha value is -1.77. The molecule has 1 aliphatic rings. The number of hydrogen-bond acceptors (Lipinski definition) is 1. The Kier molecular flexibility index (Phi) is 4.03. The molecule has 1 aliphatic heterocycles. The van der Waals surface area contributed by atoms with Crippen LogP contribution in [-0.4, -0.2) is 21.9 Å². The maximum Gasteiger partial charge on any atom is 0.247 e. The largest absolute Gasteiger partial charge is 0.353 e. The number of nitrogens with zero attached hydrogens (tertiary/aromatic N) is 2. The van der Waals surface area contributed by atoms with Crippen LogP contribution >= 0.6 is 0 Å². The quantitative estimate of drug-likeness (QED) is 0.593. The highest BCUT2D eigenvalue weighted by Crippen LogP contribution is 2.31. The average molecular weight is 244 g/mol. The monoisotopic (exact) mass is 244 g/mol. The minimum Gasteiger partial charge on any atom is -0.353 e. The fourth-order valence-corrected chi connectivity index (χ4v) is 2.50. The zero-order valence-electron chi connectivity index (χ0n) is 11.0. The molecule has 2 heterocycles. The smallest absolute Gasteiger partial charge is 0.247 e. The van der Waals surface area contributed by atoms with Crippen molar-refractivity contribution >= 4 is 5.91 Å². The molecule has 18 heavy (non-hydrogen) atoms. The van der Waals surface area contributed by atoms with Crippen LogP contribution in [0.4, 0.5) is 0 Å². The van der Waals surface area contributed by atoms with E-state index in [1.54, 1.807) is 6.08 Å². The molecule has 1 atom stereocenters. The zero-order chi connectivity index (χ0) is 13.0. The van der Waals surface area contributed by atoms with Gasteiger partial charge in [-0.15, -0.1) is 0 Å². The maximum absolute atomic E-state index is 12.1. The van der Waals surface area contributed by atoms with Crippen molar-refractivity contribution in [2.45, 2.75) is 25.8 Å². The van der Waals surface area contributed by atoms with Crippen LogP contribution in [0.1, 0.15) is 31.5 Å². The van der Waals surface area contributed by atoms with Crippen LogP contribution in [0.15, 0.2) is 42.6 Å². The Bertz CT molecular complexity index is 471. The van der Waals surface area contributed by atoms with E-state index in [2.05, 4.69) is 10.6 Å². The van der Waals surface area contributed by atoms with Crippen molar-refractivity contribution in [3.05, 3.63) is 48.3 Å². The second-order valence-electron chi connectivity index (χ2n) is 4.62. The van der Waals surface area contributed by atoms with Gasteiger partial charge < -0.3 is 9.47 Å². The number of hydrogen-bond donors (Lipinski definition) is 0. The van der Waals surface area contributed by atoms with E-state index in [0.29, 0.717) is 0 Å². The first kappa shape index (κ1) is 12.7. The molecular weight excluding hydrogens is 224 g/mol. The highest BCUT2D eigenvalue weighted by Gasteiger charge is 2.29. The molecule has 3 nitrogen and oxygen atoms in total. The number of carbonyl (C=O) groups is 1. The van der Waals surface area contributed by atoms with Crippen LogP contribution in [-0.2, 0) is 11.8 Å². The van der Waals surface area contributed by atoms with Crippen molar-refractivity contribution in [3.8, 4) is 0 Å². The first-order chi connectivity index (χ1) is 8.74. The average Bonchev–Trinajstić information content (AvgIpc) is 2.97. The lowest BCUT2D eigenvalue weighted by Crippen LogP contribution is -2.29. The van der Waals surface area contributed by atoms with Crippen molar-refractivity contribution in [3.63, 3.8) is 0 Å². The van der Waals surface area contributed by atoms with Crippen LogP contribution in [0.5, 0.6) is 0 Å². The topological polar surface area (TPSA) is 25.2 Å². The van der Waals surface area contributed by atoms with E-state index in [1.807, 2.05) is 49.4 Å². The summed E-state index contributed by atoms with van der Waals surface area (Å²) >= 11 is 0. The second kappa shape index (κ2) is 5.71. The summed E-state index contributed by atoms with van der Waals surface area (Å²) in [5.41, 5.74) is 1.22. The standard InChI is InChI=1S/C15H20N2O/c1-3-4-5-10-15(18)17-12-7-9-14(17)13-8-6-11-16(13)2/h3-6,8,10-11,14H,7,9,12H2,1-2H3. The van der Waals surface area contributed by atoms with Gasteiger partial charge in [-0.25, -0.2) is 0 Å². The second-order valence-corrected chi connectivity index (χ2v) is 4.62. The fraction of sp³-hybridized carbons (Fsp3) is 0.400. The summed E-state index contributed by atoms with van der Waals surface area (Å²) in [6, 6.07) is 4.37. The number of rotatable bonds is 3. The van der Waals surface area contributed by atoms with Gasteiger partial charge in [-0.1, -0.05) is 18.2 Å². The molecule has 1 amide bonds. The SMILES string of the molecule is CC=CC=CC(=O)N1CCCC1c1cccn1C. The van der Waals surface area contributed by atoms with Crippen LogP contribution in [0.25, 0.3) is 0 Å². The van der Waals surface area contributed by atoms with Crippen molar-refractivity contribution in [1.29, 1.82) is 0 Å². The summed E-state index contributed by atoms with van der Waals surface area (Å²) in [4.78, 5) is 14.1. The molecule has 2 rings (SSSR count). The van der Waals surface area contributed by atoms with E-state index in [1.165, 1.54) is 5.69 Å². The van der Waals surface area contributed by atoms with Gasteiger partial charge in [-0.05, 0) is 31.9 Å². The minimum absolute atomic E-state index is 0.108. The summed E-state index contributed by atoms with van der Waals surface area (Å²) in [7, 11) is 2.03. The van der Waals surface area contributed by atoms with Gasteiger partial charge in [0.2, 0.25) is 5.91 Å². The summed E-state index contributed by atoms with van der Waals surface area (Å²) in [5, 5.41) is 0. The molecule has 0 N–H and O–H groups in total. The van der Waals surface area contributed by atoms with E-state index >= 15 is 0 Å². The molecule has 0 aromatic carbocycles. The molecule has 1 unspecified atom stereocenters. The van der Waals surface area contributed by atoms with Crippen LogP contribution < -0.4 is 0 Å². The molecule has 1 aromatic heterocycles. The number of aryl methyl sites for hydroxylation is 1. The fourth-order valence-electron chi connectivity index (χ4n) is 2.50. The number of amides is 1. The lowest BCUT2D eigenvalue weighted by Gasteiger charge is -2.24. The summed E-state index contributed by atoms with van der Waals surface area (Å²) in [6.07, 6.45) is 11.4. The Balaban J connectivity index is 2.13. The van der Waals surface area contributed by atoms with E-state index in [0.717, 1.165) is 19.4 Å². The predicted octanol–water partition coefficient (Wildman–Crippen LogP) is 2.82. The summed E-state index contributed by atoms with van der Waals surface area (Å²) < 4.78 is 2.10. The van der Waals surface area contributed by atoms with E-state index < -0.39 is 0 Å². The Morgan fingerprint density at radius 3 is 2.94 bits per heavy atom. The Morgan fingerprint density at radius 1 is 1.44 bits per heavy atom. The summed E-state index contributed by atoms with van der Waals surface area (Å²) in [6.45, 7) is 2.80. The zero-order valence-corrected chi connectivity index (χ0v) is 11.0. The molecule has 1 aromatic rings. The van der Waals surface area contributed by atoms with Gasteiger partial charge in [0.05, 0.1) is 6.04 Å². The van der Waals surface area contributed by atoms with E-state index in [-0.39, 0.29) is 11.9 Å². The van der Waals surface area contributed by atoms with Crippen LogP contribution in [0.3, 0.4) is 0 Å². The van der Waals surface area contributed by atoms with E-state index in [9.17, 15) is 4.79 Å². The molecule has 1 fully saturated rings. The molecule has 0 saturated carbocycles. The van der Waals surface area contributed by atoms with Gasteiger partial charge in [-0.3, -0.25) is 4.79 Å². The predicted molar refractivity (Wildman–Crippen MR) is 73.1 cm³/mol. The van der Waals surface area contributed by atoms with Gasteiger partial charge in [0.1, 0.15) is 0 Å². The molecule has 0 spiro atoms. The third-order valence-corrected chi connectivity index (χ3v) is 3.40. The molecule has 0 aliphatic carbocycles. The van der Waals surface area contributed by atoms with Crippen molar-refractivity contribution in [2.24, 2.45) is 7.05 Å². The van der Waals surface area contributed by atoms with Gasteiger partial charge in [0.25, 0.3) is 0 Å². The molecule has 3 heteroatoms. The first-order valence-electron chi connectivity index (χ1n) is 6.45. The lowest BCUT2D eigenvalue weighted by atomic mass is 10.1. The Morgan fingerprint density at radius 2 is 2.28 bits per heavy atom. The molecule has 0 bridgehead atoms. The van der Waals surface area contributed by atoms with Crippen molar-refractivity contribution in [1.82, 2.24) is 9.47 Å². The first-order valence-corrected chi connectivity index (χ1v) is 6.45. The van der Waals surface area contributed by atoms with Gasteiger partial charge in [-0.2, -0.15) is 0 Å². The van der Waals surface area contributed by atoms with Crippen molar-refractivity contribution in [2.75, 3.05) is 6.54 Å². The molecular formula is C15H20N2O. The maximum atomic E-state index is 12.1. The highest BCUT2D eigenvalue weighted by atomic mass is 16.2. The van der Waals surface area contributed by atoms with E-state index in [4.69, 9.17) is 0 Å². The molecule has 0 radical (unpaired) electrons. The number of carbonyl (C=O) groups excluding carboxylic acids is 1. The number of aromatic nitrogens is 1. The minimum atomic E-state index is 0.108. The number of allylic oxidation sites excluding steroid dienone is 3. The van der Waals surface area contributed by atoms with Gasteiger partial charge >= 0.3 is 0 Å².